The van der Waals surface area contributed by atoms with Gasteiger partial charge < -0.3 is 58.5 Å². The van der Waals surface area contributed by atoms with E-state index >= 15 is 0 Å². The first kappa shape index (κ1) is 52.5. The molecule has 346 valence electrons. The van der Waals surface area contributed by atoms with Crippen LogP contribution in [-0.4, -0.2) is 125 Å². The van der Waals surface area contributed by atoms with E-state index in [1.165, 1.54) is 6.92 Å². The summed E-state index contributed by atoms with van der Waals surface area (Å²) in [6.07, 6.45) is 1.79. The number of carboxylic acids is 2. The molecule has 20 heteroatoms. The highest BCUT2D eigenvalue weighted by Crippen LogP contribution is 2.12. The molecule has 7 amide bonds. The molecule has 1 fully saturated rings. The number of hydrogen-bond donors (Lipinski definition) is 11. The molecule has 1 aliphatic rings. The predicted molar refractivity (Wildman–Crippen MR) is 228 cm³/mol. The molecule has 1 aromatic carbocycles. The zero-order valence-electron chi connectivity index (χ0n) is 36.4. The normalized spacial score (nSPS) is 16.4. The molecule has 0 spiro atoms. The van der Waals surface area contributed by atoms with Crippen molar-refractivity contribution in [3.8, 4) is 0 Å². The summed E-state index contributed by atoms with van der Waals surface area (Å²) in [5.74, 6) is -7.61. The Morgan fingerprint density at radius 3 is 1.74 bits per heavy atom. The fourth-order valence-electron chi connectivity index (χ4n) is 6.69. The summed E-state index contributed by atoms with van der Waals surface area (Å²) in [4.78, 5) is 117. The third-order valence-corrected chi connectivity index (χ3v) is 10.0. The molecule has 0 radical (unpaired) electrons. The van der Waals surface area contributed by atoms with Crippen LogP contribution in [0.25, 0.3) is 0 Å². The third-order valence-electron chi connectivity index (χ3n) is 10.0. The van der Waals surface area contributed by atoms with Gasteiger partial charge in [-0.3, -0.25) is 38.4 Å². The highest BCUT2D eigenvalue weighted by molar-refractivity contribution is 5.97. The molecule has 2 rings (SSSR count). The van der Waals surface area contributed by atoms with Crippen LogP contribution in [0.15, 0.2) is 30.3 Å². The predicted octanol–water partition coefficient (Wildman–Crippen LogP) is -0.803. The Morgan fingerprint density at radius 1 is 0.677 bits per heavy atom. The number of carbonyl (C=O) groups is 9. The highest BCUT2D eigenvalue weighted by Gasteiger charge is 2.34. The molecule has 0 saturated carbocycles. The molecule has 0 aromatic heterocycles. The number of nitrogens with one attached hydrogen (secondary N) is 8. The lowest BCUT2D eigenvalue weighted by molar-refractivity contribution is -0.143. The molecule has 12 N–H and O–H groups in total. The van der Waals surface area contributed by atoms with Gasteiger partial charge in [-0.25, -0.2) is 4.79 Å². The molecule has 0 unspecified atom stereocenters. The molecule has 62 heavy (non-hydrogen) atoms. The molecule has 7 atom stereocenters. The van der Waals surface area contributed by atoms with Crippen LogP contribution in [0.1, 0.15) is 98.0 Å². The van der Waals surface area contributed by atoms with E-state index in [4.69, 9.17) is 10.8 Å². The van der Waals surface area contributed by atoms with Crippen molar-refractivity contribution in [2.75, 3.05) is 19.6 Å². The maximum atomic E-state index is 14.2. The van der Waals surface area contributed by atoms with E-state index in [0.29, 0.717) is 37.9 Å². The molecule has 20 nitrogen and oxygen atoms in total. The van der Waals surface area contributed by atoms with Gasteiger partial charge in [0.2, 0.25) is 41.4 Å². The Balaban J connectivity index is 2.29. The van der Waals surface area contributed by atoms with Crippen LogP contribution >= 0.6 is 0 Å². The largest absolute Gasteiger partial charge is 0.481 e. The average molecular weight is 874 g/mol. The Kier molecular flexibility index (Phi) is 23.2. The Bertz CT molecular complexity index is 1670. The van der Waals surface area contributed by atoms with Crippen LogP contribution in [0.2, 0.25) is 0 Å². The molecule has 1 aliphatic heterocycles. The van der Waals surface area contributed by atoms with Crippen molar-refractivity contribution in [1.82, 2.24) is 42.5 Å². The fourth-order valence-corrected chi connectivity index (χ4v) is 6.69. The van der Waals surface area contributed by atoms with E-state index in [1.807, 2.05) is 13.8 Å². The third kappa shape index (κ3) is 19.8. The number of nitrogens with two attached hydrogens (primary N) is 1. The lowest BCUT2D eigenvalue weighted by atomic mass is 9.99. The zero-order chi connectivity index (χ0) is 46.4. The number of rotatable bonds is 28. The van der Waals surface area contributed by atoms with Crippen molar-refractivity contribution < 1.29 is 53.4 Å². The number of carbonyl (C=O) groups excluding carboxylic acids is 7. The van der Waals surface area contributed by atoms with E-state index in [-0.39, 0.29) is 62.4 Å². The molecular formula is C42H67N9O11. The number of amides is 7. The second kappa shape index (κ2) is 27.3. The summed E-state index contributed by atoms with van der Waals surface area (Å²) >= 11 is 0. The number of benzene rings is 1. The minimum absolute atomic E-state index is 0.0161. The van der Waals surface area contributed by atoms with E-state index in [0.717, 1.165) is 6.42 Å². The minimum Gasteiger partial charge on any atom is -0.481 e. The molecule has 0 aliphatic carbocycles. The van der Waals surface area contributed by atoms with Crippen LogP contribution in [-0.2, 0) is 49.6 Å². The summed E-state index contributed by atoms with van der Waals surface area (Å²) in [5, 5.41) is 39.9. The number of aliphatic carboxylic acids is 2. The minimum atomic E-state index is -1.53. The first-order valence-electron chi connectivity index (χ1n) is 21.3. The first-order chi connectivity index (χ1) is 29.3. The van der Waals surface area contributed by atoms with Gasteiger partial charge in [0.15, 0.2) is 0 Å². The standard InChI is InChI=1S/C42H67N9O11/c1-24(2)20-31(49-36(55)26(5)46-34(52)23-45-37(56)28-15-11-19-44-28)40(59)51-33(22-27-12-7-6-8-13-27)41(60)47-29(14-9-10-18-43)38(57)50-32(21-25(3)4)39(58)48-30(42(61)62)16-17-35(53)54/h6-8,12-13,24-26,28-33,44H,9-11,14-23,43H2,1-5H3,(H,45,56)(H,46,52)(H,47,60)(H,48,58)(H,49,55)(H,50,57)(H,51,59)(H,53,54)(H,61,62)/t26-,28-,29-,30-,31-,32-,33-/m0/s1. The van der Waals surface area contributed by atoms with Crippen LogP contribution in [0.4, 0.5) is 0 Å². The smallest absolute Gasteiger partial charge is 0.326 e. The Hall–Kier alpha value is -5.63. The van der Waals surface area contributed by atoms with E-state index in [9.17, 15) is 48.3 Å². The van der Waals surface area contributed by atoms with E-state index in [2.05, 4.69) is 42.5 Å². The maximum Gasteiger partial charge on any atom is 0.326 e. The van der Waals surface area contributed by atoms with E-state index in [1.54, 1.807) is 44.2 Å². The number of carboxylic acid groups (broad SMARTS) is 2. The number of unbranched alkanes of at least 4 members (excludes halogenated alkanes) is 1. The quantitative estimate of drug-likeness (QED) is 0.0460. The van der Waals surface area contributed by atoms with Crippen molar-refractivity contribution in [3.05, 3.63) is 35.9 Å². The molecule has 1 aromatic rings. The van der Waals surface area contributed by atoms with Crippen molar-refractivity contribution >= 4 is 53.3 Å². The van der Waals surface area contributed by atoms with Gasteiger partial charge in [0.05, 0.1) is 12.6 Å². The Labute approximate surface area is 362 Å². The van der Waals surface area contributed by atoms with Crippen LogP contribution < -0.4 is 48.3 Å². The maximum absolute atomic E-state index is 14.2. The topological polar surface area (TPSA) is 316 Å². The summed E-state index contributed by atoms with van der Waals surface area (Å²) in [7, 11) is 0. The fraction of sp³-hybridized carbons (Fsp3) is 0.643. The van der Waals surface area contributed by atoms with Crippen molar-refractivity contribution in [3.63, 3.8) is 0 Å². The highest BCUT2D eigenvalue weighted by atomic mass is 16.4. The van der Waals surface area contributed by atoms with Gasteiger partial charge in [0.1, 0.15) is 36.3 Å². The van der Waals surface area contributed by atoms with E-state index < -0.39 is 90.1 Å². The SMILES string of the molecule is CC(C)C[C@H](NC(=O)[C@H](C)NC(=O)CNC(=O)[C@@H]1CCCN1)C(=O)N[C@@H](Cc1ccccc1)C(=O)N[C@@H](CCCCN)C(=O)N[C@@H](CC(C)C)C(=O)N[C@@H](CCC(=O)O)C(=O)O. The molecule has 1 saturated heterocycles. The summed E-state index contributed by atoms with van der Waals surface area (Å²) in [6.45, 7) is 9.32. The lowest BCUT2D eigenvalue weighted by Gasteiger charge is -2.28. The first-order valence-corrected chi connectivity index (χ1v) is 21.3. The van der Waals surface area contributed by atoms with Gasteiger partial charge in [-0.1, -0.05) is 58.0 Å². The lowest BCUT2D eigenvalue weighted by Crippen LogP contribution is -2.60. The van der Waals surface area contributed by atoms with Gasteiger partial charge in [-0.15, -0.1) is 0 Å². The van der Waals surface area contributed by atoms with Crippen LogP contribution in [0.5, 0.6) is 0 Å². The second-order valence-electron chi connectivity index (χ2n) is 16.5. The van der Waals surface area contributed by atoms with Crippen molar-refractivity contribution in [2.45, 2.75) is 141 Å². The zero-order valence-corrected chi connectivity index (χ0v) is 36.4. The average Bonchev–Trinajstić information content (AvgIpc) is 3.75. The summed E-state index contributed by atoms with van der Waals surface area (Å²) in [6, 6.07) is 0.871. The summed E-state index contributed by atoms with van der Waals surface area (Å²) < 4.78 is 0. The number of hydrogen-bond acceptors (Lipinski definition) is 11. The van der Waals surface area contributed by atoms with Gasteiger partial charge in [0, 0.05) is 12.8 Å². The Morgan fingerprint density at radius 2 is 1.21 bits per heavy atom. The van der Waals surface area contributed by atoms with Gasteiger partial charge in [0.25, 0.3) is 0 Å². The van der Waals surface area contributed by atoms with Gasteiger partial charge in [-0.2, -0.15) is 0 Å². The molecule has 0 bridgehead atoms. The van der Waals surface area contributed by atoms with Crippen molar-refractivity contribution in [2.24, 2.45) is 17.6 Å². The molecular weight excluding hydrogens is 807 g/mol. The molecule has 1 heterocycles. The summed E-state index contributed by atoms with van der Waals surface area (Å²) in [5.41, 5.74) is 6.38. The van der Waals surface area contributed by atoms with Crippen LogP contribution in [0, 0.1) is 11.8 Å². The van der Waals surface area contributed by atoms with Gasteiger partial charge in [-0.05, 0) is 88.8 Å². The monoisotopic (exact) mass is 873 g/mol. The second-order valence-corrected chi connectivity index (χ2v) is 16.5. The van der Waals surface area contributed by atoms with Crippen LogP contribution in [0.3, 0.4) is 0 Å². The van der Waals surface area contributed by atoms with Crippen molar-refractivity contribution in [1.29, 1.82) is 0 Å². The van der Waals surface area contributed by atoms with Gasteiger partial charge >= 0.3 is 11.9 Å².